The quantitative estimate of drug-likeness (QED) is 0.851. The number of aryl methyl sites for hydroxylation is 2. The number of carbonyl (C=O) groups is 2. The largest absolute Gasteiger partial charge is 0.345 e. The molecule has 2 amide bonds. The summed E-state index contributed by atoms with van der Waals surface area (Å²) in [6, 6.07) is 5.46. The summed E-state index contributed by atoms with van der Waals surface area (Å²) in [5.41, 5.74) is 1.73. The highest BCUT2D eigenvalue weighted by molar-refractivity contribution is 5.93. The Morgan fingerprint density at radius 3 is 2.14 bits per heavy atom. The molecule has 2 aromatic rings. The molecule has 7 heteroatoms. The Hall–Kier alpha value is -2.83. The summed E-state index contributed by atoms with van der Waals surface area (Å²) < 4.78 is 0. The predicted molar refractivity (Wildman–Crippen MR) is 104 cm³/mol. The number of rotatable bonds is 4. The highest BCUT2D eigenvalue weighted by Crippen LogP contribution is 2.48. The van der Waals surface area contributed by atoms with Gasteiger partial charge in [0.2, 0.25) is 0 Å². The van der Waals surface area contributed by atoms with Gasteiger partial charge in [0, 0.05) is 23.0 Å². The minimum Gasteiger partial charge on any atom is -0.345 e. The molecule has 2 fully saturated rings. The molecular weight excluding hydrogens is 354 g/mol. The Kier molecular flexibility index (Phi) is 4.61. The molecule has 4 rings (SSSR count). The number of nitrogens with zero attached hydrogens (tertiary/aromatic N) is 3. The van der Waals surface area contributed by atoms with E-state index in [1.807, 2.05) is 26.0 Å². The summed E-state index contributed by atoms with van der Waals surface area (Å²) in [6.45, 7) is 3.69. The first kappa shape index (κ1) is 18.5. The van der Waals surface area contributed by atoms with Gasteiger partial charge in [-0.1, -0.05) is 6.07 Å². The molecule has 2 aliphatic rings. The van der Waals surface area contributed by atoms with Crippen LogP contribution in [-0.2, 0) is 0 Å². The summed E-state index contributed by atoms with van der Waals surface area (Å²) >= 11 is 0. The smallest absolute Gasteiger partial charge is 0.271 e. The lowest BCUT2D eigenvalue weighted by atomic mass is 9.78. The number of hydrogen-bond acceptors (Lipinski definition) is 5. The second-order valence-electron chi connectivity index (χ2n) is 8.21. The van der Waals surface area contributed by atoms with Crippen LogP contribution in [0.1, 0.15) is 70.9 Å². The molecular formula is C21H25N5O2. The summed E-state index contributed by atoms with van der Waals surface area (Å²) in [4.78, 5) is 38.2. The van der Waals surface area contributed by atoms with E-state index in [2.05, 4.69) is 25.6 Å². The maximum Gasteiger partial charge on any atom is 0.271 e. The van der Waals surface area contributed by atoms with Crippen molar-refractivity contribution in [1.29, 1.82) is 0 Å². The van der Waals surface area contributed by atoms with Gasteiger partial charge in [-0.3, -0.25) is 14.6 Å². The van der Waals surface area contributed by atoms with Gasteiger partial charge < -0.3 is 10.6 Å². The van der Waals surface area contributed by atoms with Gasteiger partial charge in [0.1, 0.15) is 11.4 Å². The van der Waals surface area contributed by atoms with E-state index in [-0.39, 0.29) is 22.9 Å². The van der Waals surface area contributed by atoms with Crippen LogP contribution in [0.4, 0.5) is 0 Å². The van der Waals surface area contributed by atoms with Crippen molar-refractivity contribution in [2.24, 2.45) is 0 Å². The molecule has 2 atom stereocenters. The van der Waals surface area contributed by atoms with Gasteiger partial charge in [-0.2, -0.15) is 0 Å². The lowest BCUT2D eigenvalue weighted by molar-refractivity contribution is 0.0826. The van der Waals surface area contributed by atoms with E-state index in [1.54, 1.807) is 12.3 Å². The van der Waals surface area contributed by atoms with Crippen molar-refractivity contribution in [2.75, 3.05) is 0 Å². The fraction of sp³-hybridized carbons (Fsp3) is 0.476. The van der Waals surface area contributed by atoms with Gasteiger partial charge in [-0.05, 0) is 64.5 Å². The molecule has 7 nitrogen and oxygen atoms in total. The van der Waals surface area contributed by atoms with Gasteiger partial charge in [-0.25, -0.2) is 9.97 Å². The third-order valence-electron chi connectivity index (χ3n) is 5.94. The first-order valence-electron chi connectivity index (χ1n) is 9.76. The zero-order valence-corrected chi connectivity index (χ0v) is 16.3. The predicted octanol–water partition coefficient (Wildman–Crippen LogP) is 2.49. The molecule has 146 valence electrons. The number of amides is 2. The summed E-state index contributed by atoms with van der Waals surface area (Å²) in [7, 11) is 0. The monoisotopic (exact) mass is 379 g/mol. The van der Waals surface area contributed by atoms with Gasteiger partial charge in [0.25, 0.3) is 11.8 Å². The Balaban J connectivity index is 1.48. The molecule has 0 radical (unpaired) electrons. The molecule has 2 aromatic heterocycles. The summed E-state index contributed by atoms with van der Waals surface area (Å²) in [5, 5.41) is 6.44. The van der Waals surface area contributed by atoms with Crippen LogP contribution in [0.15, 0.2) is 30.6 Å². The number of carbonyl (C=O) groups excluding carboxylic acids is 2. The highest BCUT2D eigenvalue weighted by atomic mass is 16.2. The van der Waals surface area contributed by atoms with E-state index in [4.69, 9.17) is 0 Å². The lowest BCUT2D eigenvalue weighted by Gasteiger charge is -2.40. The summed E-state index contributed by atoms with van der Waals surface area (Å²) in [5.74, 6) is -0.335. The van der Waals surface area contributed by atoms with Crippen LogP contribution in [0.2, 0.25) is 0 Å². The van der Waals surface area contributed by atoms with Gasteiger partial charge >= 0.3 is 0 Å². The van der Waals surface area contributed by atoms with E-state index < -0.39 is 0 Å². The molecule has 2 aliphatic carbocycles. The van der Waals surface area contributed by atoms with E-state index >= 15 is 0 Å². The molecule has 0 saturated heterocycles. The van der Waals surface area contributed by atoms with Crippen molar-refractivity contribution in [2.45, 2.75) is 63.5 Å². The van der Waals surface area contributed by atoms with Crippen LogP contribution >= 0.6 is 0 Å². The van der Waals surface area contributed by atoms with Crippen molar-refractivity contribution in [3.05, 3.63) is 53.4 Å². The number of fused-ring (bicyclic) bond motifs is 2. The molecule has 28 heavy (non-hydrogen) atoms. The van der Waals surface area contributed by atoms with Crippen molar-refractivity contribution >= 4 is 11.8 Å². The lowest BCUT2D eigenvalue weighted by Crippen LogP contribution is -2.55. The van der Waals surface area contributed by atoms with E-state index in [0.717, 1.165) is 44.2 Å². The minimum atomic E-state index is -0.298. The van der Waals surface area contributed by atoms with Crippen LogP contribution in [0.3, 0.4) is 0 Å². The average Bonchev–Trinajstić information content (AvgIpc) is 2.91. The SMILES string of the molecule is Cc1cccc(C(=O)N[C@@]23CCC[C@@](NC(=O)c4cncc(C)n4)(CC2)C3)n1. The average molecular weight is 379 g/mol. The van der Waals surface area contributed by atoms with Crippen LogP contribution in [0, 0.1) is 13.8 Å². The topological polar surface area (TPSA) is 96.9 Å². The van der Waals surface area contributed by atoms with E-state index in [1.165, 1.54) is 6.20 Å². The van der Waals surface area contributed by atoms with Crippen LogP contribution in [-0.4, -0.2) is 37.8 Å². The van der Waals surface area contributed by atoms with Crippen molar-refractivity contribution in [3.63, 3.8) is 0 Å². The van der Waals surface area contributed by atoms with Gasteiger partial charge in [0.15, 0.2) is 0 Å². The van der Waals surface area contributed by atoms with Crippen LogP contribution < -0.4 is 10.6 Å². The molecule has 0 aliphatic heterocycles. The van der Waals surface area contributed by atoms with Crippen molar-refractivity contribution in [3.8, 4) is 0 Å². The molecule has 0 spiro atoms. The number of aromatic nitrogens is 3. The third kappa shape index (κ3) is 3.61. The Labute approximate surface area is 164 Å². The fourth-order valence-electron chi connectivity index (χ4n) is 4.69. The standard InChI is InChI=1S/C21H25N5O2/c1-14-5-3-6-16(23-14)18(27)25-20-7-4-8-21(13-20,10-9-20)26-19(28)17-12-22-11-15(2)24-17/h3,5-6,11-12H,4,7-10,13H2,1-2H3,(H,25,27)(H,26,28)/t20-,21+/m0/s1. The molecule has 0 unspecified atom stereocenters. The minimum absolute atomic E-state index is 0.141. The highest BCUT2D eigenvalue weighted by Gasteiger charge is 2.52. The zero-order valence-electron chi connectivity index (χ0n) is 16.3. The molecule has 0 aromatic carbocycles. The maximum atomic E-state index is 12.8. The number of pyridine rings is 1. The maximum absolute atomic E-state index is 12.8. The molecule has 2 heterocycles. The molecule has 2 saturated carbocycles. The Morgan fingerprint density at radius 2 is 1.50 bits per heavy atom. The van der Waals surface area contributed by atoms with Gasteiger partial charge in [-0.15, -0.1) is 0 Å². The second kappa shape index (κ2) is 6.96. The molecule has 2 bridgehead atoms. The first-order chi connectivity index (χ1) is 13.4. The van der Waals surface area contributed by atoms with Crippen LogP contribution in [0.5, 0.6) is 0 Å². The Bertz CT molecular complexity index is 857. The first-order valence-corrected chi connectivity index (χ1v) is 9.76. The van der Waals surface area contributed by atoms with E-state index in [9.17, 15) is 9.59 Å². The number of nitrogens with one attached hydrogen (secondary N) is 2. The number of hydrogen-bond donors (Lipinski definition) is 2. The molecule has 2 N–H and O–H groups in total. The normalized spacial score (nSPS) is 25.9. The van der Waals surface area contributed by atoms with Crippen LogP contribution in [0.25, 0.3) is 0 Å². The van der Waals surface area contributed by atoms with Gasteiger partial charge in [0.05, 0.1) is 11.9 Å². The summed E-state index contributed by atoms with van der Waals surface area (Å²) in [6.07, 6.45) is 8.36. The van der Waals surface area contributed by atoms with Crippen molar-refractivity contribution < 1.29 is 9.59 Å². The zero-order chi connectivity index (χ0) is 19.8. The fourth-order valence-corrected chi connectivity index (χ4v) is 4.69. The van der Waals surface area contributed by atoms with Crippen molar-refractivity contribution in [1.82, 2.24) is 25.6 Å². The third-order valence-corrected chi connectivity index (χ3v) is 5.94. The Morgan fingerprint density at radius 1 is 0.857 bits per heavy atom. The second-order valence-corrected chi connectivity index (χ2v) is 8.21. The van der Waals surface area contributed by atoms with E-state index in [0.29, 0.717) is 17.1 Å².